The Morgan fingerprint density at radius 2 is 1.74 bits per heavy atom. The van der Waals surface area contributed by atoms with Crippen LogP contribution in [0.4, 0.5) is 11.4 Å². The van der Waals surface area contributed by atoms with Crippen LogP contribution >= 0.6 is 0 Å². The smallest absolute Gasteiger partial charge is 0.269 e. The first-order valence-corrected chi connectivity index (χ1v) is 6.73. The number of nitro benzene ring substituents is 1. The van der Waals surface area contributed by atoms with Crippen molar-refractivity contribution in [1.29, 1.82) is 0 Å². The van der Waals surface area contributed by atoms with Crippen LogP contribution in [0.5, 0.6) is 0 Å². The van der Waals surface area contributed by atoms with Crippen LogP contribution in [0, 0.1) is 15.5 Å². The zero-order valence-corrected chi connectivity index (χ0v) is 11.4. The van der Waals surface area contributed by atoms with Crippen molar-refractivity contribution in [3.8, 4) is 0 Å². The summed E-state index contributed by atoms with van der Waals surface area (Å²) < 4.78 is 0. The second kappa shape index (κ2) is 4.20. The lowest BCUT2D eigenvalue weighted by Gasteiger charge is -2.62. The lowest BCUT2D eigenvalue weighted by molar-refractivity contribution is -0.384. The van der Waals surface area contributed by atoms with Crippen molar-refractivity contribution >= 4 is 11.4 Å². The van der Waals surface area contributed by atoms with E-state index in [2.05, 4.69) is 23.6 Å². The zero-order chi connectivity index (χ0) is 13.6. The molecule has 5 nitrogen and oxygen atoms in total. The fourth-order valence-corrected chi connectivity index (χ4v) is 3.11. The van der Waals surface area contributed by atoms with Crippen molar-refractivity contribution in [2.24, 2.45) is 5.41 Å². The van der Waals surface area contributed by atoms with E-state index < -0.39 is 0 Å². The monoisotopic (exact) mass is 261 g/mol. The van der Waals surface area contributed by atoms with Gasteiger partial charge in [-0.2, -0.15) is 0 Å². The molecule has 0 bridgehead atoms. The van der Waals surface area contributed by atoms with E-state index in [4.69, 9.17) is 0 Å². The first kappa shape index (κ1) is 12.4. The maximum absolute atomic E-state index is 10.6. The quantitative estimate of drug-likeness (QED) is 0.618. The van der Waals surface area contributed by atoms with E-state index in [0.29, 0.717) is 11.5 Å². The average Bonchev–Trinajstić information content (AvgIpc) is 2.25. The van der Waals surface area contributed by atoms with Crippen LogP contribution in [0.2, 0.25) is 0 Å². The van der Waals surface area contributed by atoms with E-state index >= 15 is 0 Å². The van der Waals surface area contributed by atoms with E-state index in [1.54, 1.807) is 12.1 Å². The highest BCUT2D eigenvalue weighted by Crippen LogP contribution is 2.42. The van der Waals surface area contributed by atoms with Gasteiger partial charge in [0.05, 0.1) is 4.92 Å². The lowest BCUT2D eigenvalue weighted by atomic mass is 9.72. The zero-order valence-electron chi connectivity index (χ0n) is 11.4. The van der Waals surface area contributed by atoms with Gasteiger partial charge in [0, 0.05) is 55.5 Å². The standard InChI is InChI=1S/C14H19N3O2/c1-11(2)15-7-14(8-15)9-16(10-14)12-3-5-13(6-4-12)17(18)19/h3-6,11H,7-10H2,1-2H3. The van der Waals surface area contributed by atoms with E-state index in [9.17, 15) is 10.1 Å². The number of nitrogens with zero attached hydrogens (tertiary/aromatic N) is 3. The minimum Gasteiger partial charge on any atom is -0.370 e. The summed E-state index contributed by atoms with van der Waals surface area (Å²) in [6, 6.07) is 7.51. The molecule has 1 aromatic rings. The molecule has 0 N–H and O–H groups in total. The van der Waals surface area contributed by atoms with Gasteiger partial charge >= 0.3 is 0 Å². The summed E-state index contributed by atoms with van der Waals surface area (Å²) in [5.74, 6) is 0. The number of anilines is 1. The Hall–Kier alpha value is -1.62. The minimum absolute atomic E-state index is 0.161. The Morgan fingerprint density at radius 3 is 2.21 bits per heavy atom. The van der Waals surface area contributed by atoms with Gasteiger partial charge in [0.25, 0.3) is 5.69 Å². The summed E-state index contributed by atoms with van der Waals surface area (Å²) in [7, 11) is 0. The Kier molecular flexibility index (Phi) is 2.74. The molecule has 102 valence electrons. The molecule has 1 spiro atoms. The minimum atomic E-state index is -0.353. The third-order valence-corrected chi connectivity index (χ3v) is 4.29. The van der Waals surface area contributed by atoms with Gasteiger partial charge < -0.3 is 4.90 Å². The van der Waals surface area contributed by atoms with Gasteiger partial charge in [0.15, 0.2) is 0 Å². The number of hydrogen-bond donors (Lipinski definition) is 0. The van der Waals surface area contributed by atoms with E-state index in [0.717, 1.165) is 18.8 Å². The molecule has 2 aliphatic heterocycles. The van der Waals surface area contributed by atoms with Crippen LogP contribution in [0.15, 0.2) is 24.3 Å². The molecule has 0 radical (unpaired) electrons. The van der Waals surface area contributed by atoms with Crippen LogP contribution in [-0.4, -0.2) is 42.0 Å². The van der Waals surface area contributed by atoms with Crippen molar-refractivity contribution < 1.29 is 4.92 Å². The fraction of sp³-hybridized carbons (Fsp3) is 0.571. The van der Waals surface area contributed by atoms with Crippen molar-refractivity contribution in [3.05, 3.63) is 34.4 Å². The molecule has 2 heterocycles. The third kappa shape index (κ3) is 2.08. The predicted molar refractivity (Wildman–Crippen MR) is 74.5 cm³/mol. The van der Waals surface area contributed by atoms with Crippen molar-refractivity contribution in [3.63, 3.8) is 0 Å². The molecule has 19 heavy (non-hydrogen) atoms. The van der Waals surface area contributed by atoms with Crippen LogP contribution in [0.25, 0.3) is 0 Å². The van der Waals surface area contributed by atoms with Crippen molar-refractivity contribution in [2.45, 2.75) is 19.9 Å². The molecule has 0 saturated carbocycles. The Balaban J connectivity index is 1.58. The van der Waals surface area contributed by atoms with Gasteiger partial charge in [-0.15, -0.1) is 0 Å². The number of rotatable bonds is 3. The number of benzene rings is 1. The van der Waals surface area contributed by atoms with E-state index in [1.807, 2.05) is 12.1 Å². The number of likely N-dealkylation sites (tertiary alicyclic amines) is 1. The van der Waals surface area contributed by atoms with Gasteiger partial charge in [-0.1, -0.05) is 0 Å². The van der Waals surface area contributed by atoms with Gasteiger partial charge in [0.2, 0.25) is 0 Å². The number of nitro groups is 1. The number of hydrogen-bond acceptors (Lipinski definition) is 4. The normalized spacial score (nSPS) is 21.3. The topological polar surface area (TPSA) is 49.6 Å². The van der Waals surface area contributed by atoms with Crippen molar-refractivity contribution in [2.75, 3.05) is 31.1 Å². The summed E-state index contributed by atoms with van der Waals surface area (Å²) in [5, 5.41) is 10.6. The summed E-state index contributed by atoms with van der Waals surface area (Å²) in [4.78, 5) is 15.1. The van der Waals surface area contributed by atoms with Gasteiger partial charge in [0.1, 0.15) is 0 Å². The first-order chi connectivity index (χ1) is 8.99. The molecule has 3 rings (SSSR count). The summed E-state index contributed by atoms with van der Waals surface area (Å²) in [6.07, 6.45) is 0. The Bertz CT molecular complexity index is 484. The third-order valence-electron chi connectivity index (χ3n) is 4.29. The summed E-state index contributed by atoms with van der Waals surface area (Å²) >= 11 is 0. The van der Waals surface area contributed by atoms with Crippen LogP contribution < -0.4 is 4.90 Å². The van der Waals surface area contributed by atoms with Gasteiger partial charge in [-0.05, 0) is 26.0 Å². The maximum Gasteiger partial charge on any atom is 0.269 e. The van der Waals surface area contributed by atoms with Crippen LogP contribution in [0.3, 0.4) is 0 Å². The molecule has 0 unspecified atom stereocenters. The second-order valence-corrected chi connectivity index (χ2v) is 6.13. The Morgan fingerprint density at radius 1 is 1.16 bits per heavy atom. The highest BCUT2D eigenvalue weighted by Gasteiger charge is 2.52. The first-order valence-electron chi connectivity index (χ1n) is 6.73. The lowest BCUT2D eigenvalue weighted by Crippen LogP contribution is -2.73. The SMILES string of the molecule is CC(C)N1CC2(CN(c3ccc([N+](=O)[O-])cc3)C2)C1. The Labute approximate surface area is 113 Å². The summed E-state index contributed by atoms with van der Waals surface area (Å²) in [5.41, 5.74) is 1.74. The van der Waals surface area contributed by atoms with Crippen LogP contribution in [0.1, 0.15) is 13.8 Å². The average molecular weight is 261 g/mol. The highest BCUT2D eigenvalue weighted by molar-refractivity contribution is 5.54. The fourth-order valence-electron chi connectivity index (χ4n) is 3.11. The molecule has 1 aromatic carbocycles. The van der Waals surface area contributed by atoms with Crippen LogP contribution in [-0.2, 0) is 0 Å². The predicted octanol–water partition coefficient (Wildman–Crippen LogP) is 2.13. The molecule has 0 amide bonds. The molecular formula is C14H19N3O2. The maximum atomic E-state index is 10.6. The molecule has 0 atom stereocenters. The summed E-state index contributed by atoms with van der Waals surface area (Å²) in [6.45, 7) is 9.00. The van der Waals surface area contributed by atoms with Gasteiger partial charge in [-0.25, -0.2) is 0 Å². The highest BCUT2D eigenvalue weighted by atomic mass is 16.6. The molecule has 0 aromatic heterocycles. The second-order valence-electron chi connectivity index (χ2n) is 6.13. The van der Waals surface area contributed by atoms with Crippen molar-refractivity contribution in [1.82, 2.24) is 4.90 Å². The molecule has 2 fully saturated rings. The largest absolute Gasteiger partial charge is 0.370 e. The molecule has 2 aliphatic rings. The molecular weight excluding hydrogens is 242 g/mol. The molecule has 0 aliphatic carbocycles. The van der Waals surface area contributed by atoms with E-state index in [-0.39, 0.29) is 10.6 Å². The van der Waals surface area contributed by atoms with E-state index in [1.165, 1.54) is 13.1 Å². The molecule has 2 saturated heterocycles. The molecule has 5 heteroatoms. The number of non-ortho nitro benzene ring substituents is 1. The van der Waals surface area contributed by atoms with Gasteiger partial charge in [-0.3, -0.25) is 15.0 Å².